The molecule has 0 aromatic heterocycles. The lowest BCUT2D eigenvalue weighted by molar-refractivity contribution is -0.159. The zero-order valence-corrected chi connectivity index (χ0v) is 20.8. The van der Waals surface area contributed by atoms with E-state index in [1.807, 2.05) is 56.4 Å². The molecule has 6 rings (SSSR count). The lowest BCUT2D eigenvalue weighted by Crippen LogP contribution is -2.59. The largest absolute Gasteiger partial charge is 0.468 e. The third-order valence-electron chi connectivity index (χ3n) is 9.15. The normalized spacial score (nSPS) is 33.4. The average Bonchev–Trinajstić information content (AvgIpc) is 3.48. The van der Waals surface area contributed by atoms with Crippen LogP contribution in [0.3, 0.4) is 0 Å². The SMILES string of the molecule is COC(=O)[C@]1(C)[C@@H]2C=C3[C@@H](O2)[C@]1(COCc1ccccc1)c1cccc2c1[C@@H](C(=O)N2C)C3(C)C. The Morgan fingerprint density at radius 1 is 1.09 bits per heavy atom. The standard InChI is InChI=1S/C29H31NO5/c1-27(2)19-14-21-28(3,26(32)33-5)29(24(19)35-21,16-34-15-17-10-7-6-8-11-17)18-12-9-13-20-22(18)23(27)25(31)30(20)4/h6-14,21,23-24H,15-16H2,1-5H3/t21-,23-,24+,28-,29-/m0/s1. The Balaban J connectivity index is 1.60. The van der Waals surface area contributed by atoms with E-state index in [4.69, 9.17) is 14.2 Å². The van der Waals surface area contributed by atoms with Crippen molar-refractivity contribution in [2.45, 2.75) is 50.9 Å². The van der Waals surface area contributed by atoms with Gasteiger partial charge in [-0.2, -0.15) is 0 Å². The Kier molecular flexibility index (Phi) is 4.68. The monoisotopic (exact) mass is 473 g/mol. The summed E-state index contributed by atoms with van der Waals surface area (Å²) in [7, 11) is 3.26. The summed E-state index contributed by atoms with van der Waals surface area (Å²) in [5.41, 5.74) is 2.64. The van der Waals surface area contributed by atoms with Crippen LogP contribution in [0.4, 0.5) is 5.69 Å². The Hall–Kier alpha value is -2.96. The number of rotatable bonds is 5. The third kappa shape index (κ3) is 2.56. The number of carbonyl (C=O) groups excluding carboxylic acids is 2. The maximum atomic E-state index is 13.6. The van der Waals surface area contributed by atoms with E-state index in [0.717, 1.165) is 28.0 Å². The molecule has 35 heavy (non-hydrogen) atoms. The van der Waals surface area contributed by atoms with Crippen LogP contribution in [-0.4, -0.2) is 44.8 Å². The molecule has 6 nitrogen and oxygen atoms in total. The smallest absolute Gasteiger partial charge is 0.315 e. The van der Waals surface area contributed by atoms with Gasteiger partial charge in [-0.1, -0.05) is 62.4 Å². The van der Waals surface area contributed by atoms with Crippen molar-refractivity contribution in [2.75, 3.05) is 25.7 Å². The fourth-order valence-electron chi connectivity index (χ4n) is 7.22. The van der Waals surface area contributed by atoms with Crippen molar-refractivity contribution in [1.29, 1.82) is 0 Å². The fraction of sp³-hybridized carbons (Fsp3) is 0.448. The number of methoxy groups -OCH3 is 1. The van der Waals surface area contributed by atoms with Crippen LogP contribution >= 0.6 is 0 Å². The number of hydrogen-bond donors (Lipinski definition) is 0. The summed E-state index contributed by atoms with van der Waals surface area (Å²) in [6.07, 6.45) is 1.23. The molecule has 2 bridgehead atoms. The Labute approximate surface area is 205 Å². The second-order valence-corrected chi connectivity index (χ2v) is 11.0. The molecule has 2 aromatic rings. The van der Waals surface area contributed by atoms with Crippen LogP contribution in [-0.2, 0) is 35.8 Å². The highest BCUT2D eigenvalue weighted by atomic mass is 16.5. The third-order valence-corrected chi connectivity index (χ3v) is 9.15. The minimum Gasteiger partial charge on any atom is -0.468 e. The molecule has 4 aliphatic rings. The summed E-state index contributed by atoms with van der Waals surface area (Å²) in [5.74, 6) is -0.607. The Morgan fingerprint density at radius 2 is 1.83 bits per heavy atom. The second kappa shape index (κ2) is 7.28. The summed E-state index contributed by atoms with van der Waals surface area (Å²) in [6.45, 7) is 6.87. The highest BCUT2D eigenvalue weighted by Gasteiger charge is 2.75. The minimum absolute atomic E-state index is 0.0724. The summed E-state index contributed by atoms with van der Waals surface area (Å²) in [5, 5.41) is 0. The number of nitrogens with zero attached hydrogens (tertiary/aromatic N) is 1. The van der Waals surface area contributed by atoms with Gasteiger partial charge in [-0.15, -0.1) is 0 Å². The highest BCUT2D eigenvalue weighted by Crippen LogP contribution is 2.69. The molecular formula is C29H31NO5. The molecular weight excluding hydrogens is 442 g/mol. The number of esters is 1. The quantitative estimate of drug-likeness (QED) is 0.483. The number of anilines is 1. The van der Waals surface area contributed by atoms with Gasteiger partial charge >= 0.3 is 5.97 Å². The molecule has 1 fully saturated rings. The van der Waals surface area contributed by atoms with Gasteiger partial charge in [-0.25, -0.2) is 0 Å². The molecule has 0 radical (unpaired) electrons. The number of amides is 1. The highest BCUT2D eigenvalue weighted by molar-refractivity contribution is 6.06. The van der Waals surface area contributed by atoms with Gasteiger partial charge in [0, 0.05) is 18.2 Å². The van der Waals surface area contributed by atoms with Crippen molar-refractivity contribution in [3.63, 3.8) is 0 Å². The summed E-state index contributed by atoms with van der Waals surface area (Å²) in [4.78, 5) is 29.0. The van der Waals surface area contributed by atoms with E-state index in [2.05, 4.69) is 26.0 Å². The number of likely N-dealkylation sites (N-methyl/N-ethyl adjacent to an activating group) is 1. The molecule has 5 atom stereocenters. The average molecular weight is 474 g/mol. The number of ether oxygens (including phenoxy) is 3. The van der Waals surface area contributed by atoms with E-state index in [-0.39, 0.29) is 24.4 Å². The molecule has 3 aliphatic heterocycles. The van der Waals surface area contributed by atoms with Crippen LogP contribution in [0.2, 0.25) is 0 Å². The van der Waals surface area contributed by atoms with E-state index in [1.165, 1.54) is 7.11 Å². The van der Waals surface area contributed by atoms with E-state index in [9.17, 15) is 9.59 Å². The Morgan fingerprint density at radius 3 is 2.54 bits per heavy atom. The van der Waals surface area contributed by atoms with Crippen molar-refractivity contribution in [3.05, 3.63) is 76.9 Å². The number of fused-ring (bicyclic) bond motifs is 2. The van der Waals surface area contributed by atoms with E-state index in [1.54, 1.807) is 4.90 Å². The van der Waals surface area contributed by atoms with Gasteiger partial charge in [0.25, 0.3) is 0 Å². The molecule has 1 aliphatic carbocycles. The maximum Gasteiger partial charge on any atom is 0.315 e. The topological polar surface area (TPSA) is 65.1 Å². The predicted octanol–water partition coefficient (Wildman–Crippen LogP) is 4.13. The minimum atomic E-state index is -1.02. The molecule has 1 saturated heterocycles. The maximum absolute atomic E-state index is 13.6. The van der Waals surface area contributed by atoms with E-state index < -0.39 is 28.5 Å². The molecule has 6 heteroatoms. The number of hydrogen-bond acceptors (Lipinski definition) is 5. The van der Waals surface area contributed by atoms with Crippen LogP contribution in [0, 0.1) is 10.8 Å². The Bertz CT molecular complexity index is 1270. The fourth-order valence-corrected chi connectivity index (χ4v) is 7.22. The van der Waals surface area contributed by atoms with Gasteiger partial charge in [0.1, 0.15) is 5.41 Å². The first-order chi connectivity index (χ1) is 16.7. The van der Waals surface area contributed by atoms with Gasteiger partial charge in [-0.05, 0) is 35.3 Å². The molecule has 0 saturated carbocycles. The summed E-state index contributed by atoms with van der Waals surface area (Å²) < 4.78 is 18.5. The second-order valence-electron chi connectivity index (χ2n) is 11.0. The zero-order valence-electron chi connectivity index (χ0n) is 20.8. The lowest BCUT2D eigenvalue weighted by atomic mass is 9.53. The van der Waals surface area contributed by atoms with Gasteiger partial charge in [0.15, 0.2) is 0 Å². The molecule has 0 unspecified atom stereocenters. The zero-order chi connectivity index (χ0) is 24.8. The van der Waals surface area contributed by atoms with Gasteiger partial charge in [0.05, 0.1) is 43.9 Å². The molecule has 3 heterocycles. The van der Waals surface area contributed by atoms with Crippen LogP contribution < -0.4 is 4.90 Å². The van der Waals surface area contributed by atoms with Crippen molar-refractivity contribution >= 4 is 17.6 Å². The van der Waals surface area contributed by atoms with Crippen molar-refractivity contribution in [1.82, 2.24) is 0 Å². The van der Waals surface area contributed by atoms with Crippen molar-refractivity contribution in [3.8, 4) is 0 Å². The summed E-state index contributed by atoms with van der Waals surface area (Å²) in [6, 6.07) is 16.0. The van der Waals surface area contributed by atoms with E-state index in [0.29, 0.717) is 6.61 Å². The van der Waals surface area contributed by atoms with Gasteiger partial charge in [-0.3, -0.25) is 9.59 Å². The van der Waals surface area contributed by atoms with E-state index >= 15 is 0 Å². The molecule has 2 aromatic carbocycles. The van der Waals surface area contributed by atoms with Crippen LogP contribution in [0.5, 0.6) is 0 Å². The first-order valence-electron chi connectivity index (χ1n) is 12.2. The lowest BCUT2D eigenvalue weighted by Gasteiger charge is -2.47. The van der Waals surface area contributed by atoms with Gasteiger partial charge in [0.2, 0.25) is 5.91 Å². The van der Waals surface area contributed by atoms with Crippen LogP contribution in [0.15, 0.2) is 60.2 Å². The first-order valence-corrected chi connectivity index (χ1v) is 12.2. The predicted molar refractivity (Wildman–Crippen MR) is 131 cm³/mol. The van der Waals surface area contributed by atoms with Gasteiger partial charge < -0.3 is 19.1 Å². The van der Waals surface area contributed by atoms with Crippen molar-refractivity contribution < 1.29 is 23.8 Å². The molecule has 182 valence electrons. The first kappa shape index (κ1) is 22.5. The molecule has 0 spiro atoms. The van der Waals surface area contributed by atoms with Crippen molar-refractivity contribution in [2.24, 2.45) is 10.8 Å². The number of benzene rings is 2. The molecule has 1 amide bonds. The summed E-state index contributed by atoms with van der Waals surface area (Å²) >= 11 is 0. The molecule has 0 N–H and O–H groups in total. The van der Waals surface area contributed by atoms with Crippen LogP contribution in [0.25, 0.3) is 0 Å². The van der Waals surface area contributed by atoms with Crippen LogP contribution in [0.1, 0.15) is 43.4 Å². The number of carbonyl (C=O) groups is 2.